The Kier molecular flexibility index (Phi) is 2.49. The van der Waals surface area contributed by atoms with Gasteiger partial charge in [-0.3, -0.25) is 9.59 Å². The molecule has 1 aliphatic carbocycles. The average Bonchev–Trinajstić information content (AvgIpc) is 2.99. The fraction of sp³-hybridized carbons (Fsp3) is 0.529. The van der Waals surface area contributed by atoms with Gasteiger partial charge in [0.1, 0.15) is 0 Å². The van der Waals surface area contributed by atoms with Crippen LogP contribution >= 0.6 is 0 Å². The molecular formula is C17H19NO4. The molecule has 3 aliphatic rings. The number of imide groups is 1. The second-order valence-electron chi connectivity index (χ2n) is 7.16. The van der Waals surface area contributed by atoms with Crippen molar-refractivity contribution in [2.75, 3.05) is 11.7 Å². The van der Waals surface area contributed by atoms with E-state index >= 15 is 0 Å². The molecule has 0 N–H and O–H groups in total. The van der Waals surface area contributed by atoms with Crippen LogP contribution in [0.25, 0.3) is 0 Å². The molecule has 1 aromatic carbocycles. The highest BCUT2D eigenvalue weighted by Crippen LogP contribution is 2.60. The second kappa shape index (κ2) is 4.03. The molecule has 2 heterocycles. The van der Waals surface area contributed by atoms with E-state index in [0.29, 0.717) is 17.2 Å². The van der Waals surface area contributed by atoms with Crippen LogP contribution in [0, 0.1) is 16.7 Å². The largest absolute Gasteiger partial charge is 0.454 e. The number of rotatable bonds is 1. The third-order valence-corrected chi connectivity index (χ3v) is 6.03. The number of benzene rings is 1. The lowest BCUT2D eigenvalue weighted by Gasteiger charge is -2.47. The molecule has 4 rings (SSSR count). The summed E-state index contributed by atoms with van der Waals surface area (Å²) >= 11 is 0. The zero-order chi connectivity index (χ0) is 15.7. The van der Waals surface area contributed by atoms with Crippen LogP contribution in [0.2, 0.25) is 0 Å². The van der Waals surface area contributed by atoms with E-state index in [1.54, 1.807) is 18.2 Å². The zero-order valence-electron chi connectivity index (χ0n) is 13.0. The number of hydrogen-bond acceptors (Lipinski definition) is 4. The minimum Gasteiger partial charge on any atom is -0.454 e. The van der Waals surface area contributed by atoms with Gasteiger partial charge in [-0.2, -0.15) is 0 Å². The Labute approximate surface area is 129 Å². The van der Waals surface area contributed by atoms with E-state index in [1.165, 1.54) is 4.90 Å². The van der Waals surface area contributed by atoms with Crippen molar-refractivity contribution in [3.8, 4) is 11.5 Å². The number of anilines is 1. The topological polar surface area (TPSA) is 55.8 Å². The first-order chi connectivity index (χ1) is 10.4. The summed E-state index contributed by atoms with van der Waals surface area (Å²) < 4.78 is 10.7. The van der Waals surface area contributed by atoms with Crippen LogP contribution in [-0.2, 0) is 9.59 Å². The van der Waals surface area contributed by atoms with Gasteiger partial charge in [0.05, 0.1) is 11.1 Å². The molecule has 2 fully saturated rings. The third-order valence-electron chi connectivity index (χ3n) is 6.03. The summed E-state index contributed by atoms with van der Waals surface area (Å²) in [5.41, 5.74) is -0.219. The predicted octanol–water partition coefficient (Wildman–Crippen LogP) is 2.73. The van der Waals surface area contributed by atoms with Crippen molar-refractivity contribution in [1.29, 1.82) is 0 Å². The molecule has 2 bridgehead atoms. The van der Waals surface area contributed by atoms with Crippen LogP contribution in [0.1, 0.15) is 33.6 Å². The van der Waals surface area contributed by atoms with Crippen molar-refractivity contribution in [2.24, 2.45) is 16.7 Å². The highest BCUT2D eigenvalue weighted by Gasteiger charge is 2.64. The summed E-state index contributed by atoms with van der Waals surface area (Å²) in [6, 6.07) is 5.23. The molecule has 1 saturated heterocycles. The summed E-state index contributed by atoms with van der Waals surface area (Å²) in [5, 5.41) is 0. The van der Waals surface area contributed by atoms with Crippen molar-refractivity contribution in [1.82, 2.24) is 0 Å². The van der Waals surface area contributed by atoms with Crippen molar-refractivity contribution in [2.45, 2.75) is 33.6 Å². The number of ether oxygens (including phenoxy) is 2. The molecule has 2 unspecified atom stereocenters. The van der Waals surface area contributed by atoms with E-state index in [2.05, 4.69) is 0 Å². The highest BCUT2D eigenvalue weighted by molar-refractivity contribution is 6.20. The lowest BCUT2D eigenvalue weighted by atomic mass is 9.62. The molecule has 116 valence electrons. The minimum absolute atomic E-state index is 0.0937. The summed E-state index contributed by atoms with van der Waals surface area (Å²) in [5.74, 6) is 0.926. The zero-order valence-corrected chi connectivity index (χ0v) is 13.0. The number of amides is 2. The van der Waals surface area contributed by atoms with E-state index in [-0.39, 0.29) is 29.9 Å². The van der Waals surface area contributed by atoms with Crippen LogP contribution in [0.5, 0.6) is 11.5 Å². The summed E-state index contributed by atoms with van der Waals surface area (Å²) in [4.78, 5) is 27.3. The fourth-order valence-corrected chi connectivity index (χ4v) is 4.09. The van der Waals surface area contributed by atoms with Gasteiger partial charge in [0.2, 0.25) is 18.6 Å². The standard InChI is InChI=1S/C17H19NO4/c1-16(2)11-6-7-17(16,3)15(20)18(14(11)19)10-4-5-12-13(8-10)22-9-21-12/h4-5,8,11H,6-7,9H2,1-3H3. The average molecular weight is 301 g/mol. The Bertz CT molecular complexity index is 696. The quantitative estimate of drug-likeness (QED) is 0.748. The molecule has 1 saturated carbocycles. The Morgan fingerprint density at radius 3 is 2.64 bits per heavy atom. The van der Waals surface area contributed by atoms with Crippen molar-refractivity contribution in [3.63, 3.8) is 0 Å². The smallest absolute Gasteiger partial charge is 0.240 e. The molecule has 22 heavy (non-hydrogen) atoms. The number of nitrogens with zero attached hydrogens (tertiary/aromatic N) is 1. The molecule has 2 amide bonds. The normalized spacial score (nSPS) is 31.8. The summed E-state index contributed by atoms with van der Waals surface area (Å²) in [6.07, 6.45) is 1.53. The van der Waals surface area contributed by atoms with Gasteiger partial charge in [0.25, 0.3) is 0 Å². The van der Waals surface area contributed by atoms with Gasteiger partial charge in [-0.1, -0.05) is 20.8 Å². The number of carbonyl (C=O) groups excluding carboxylic acids is 2. The monoisotopic (exact) mass is 301 g/mol. The maximum absolute atomic E-state index is 13.1. The van der Waals surface area contributed by atoms with E-state index in [4.69, 9.17) is 9.47 Å². The van der Waals surface area contributed by atoms with Gasteiger partial charge in [-0.25, -0.2) is 4.90 Å². The first-order valence-corrected chi connectivity index (χ1v) is 7.64. The number of carbonyl (C=O) groups is 2. The molecule has 5 nitrogen and oxygen atoms in total. The van der Waals surface area contributed by atoms with Crippen LogP contribution in [0.4, 0.5) is 5.69 Å². The van der Waals surface area contributed by atoms with Gasteiger partial charge >= 0.3 is 0 Å². The molecular weight excluding hydrogens is 282 g/mol. The lowest BCUT2D eigenvalue weighted by Crippen LogP contribution is -2.59. The molecule has 0 radical (unpaired) electrons. The van der Waals surface area contributed by atoms with E-state index in [9.17, 15) is 9.59 Å². The van der Waals surface area contributed by atoms with E-state index in [0.717, 1.165) is 12.8 Å². The van der Waals surface area contributed by atoms with Crippen molar-refractivity contribution >= 4 is 17.5 Å². The Morgan fingerprint density at radius 2 is 1.86 bits per heavy atom. The van der Waals surface area contributed by atoms with Gasteiger partial charge in [-0.05, 0) is 30.4 Å². The fourth-order valence-electron chi connectivity index (χ4n) is 4.09. The second-order valence-corrected chi connectivity index (χ2v) is 7.16. The molecule has 1 aromatic rings. The van der Waals surface area contributed by atoms with Gasteiger partial charge < -0.3 is 9.47 Å². The molecule has 0 spiro atoms. The highest BCUT2D eigenvalue weighted by atomic mass is 16.7. The summed E-state index contributed by atoms with van der Waals surface area (Å²) in [6.45, 7) is 6.24. The SMILES string of the molecule is CC12CCC(C(=O)N(c3ccc4c(c3)OCO4)C1=O)C2(C)C. The Balaban J connectivity index is 1.80. The number of fused-ring (bicyclic) bond motifs is 3. The van der Waals surface area contributed by atoms with Gasteiger partial charge in [0, 0.05) is 12.0 Å². The third kappa shape index (κ3) is 1.44. The maximum atomic E-state index is 13.1. The van der Waals surface area contributed by atoms with Crippen LogP contribution in [0.3, 0.4) is 0 Å². The molecule has 5 heteroatoms. The lowest BCUT2D eigenvalue weighted by molar-refractivity contribution is -0.146. The Hall–Kier alpha value is -2.04. The predicted molar refractivity (Wildman–Crippen MR) is 79.7 cm³/mol. The first kappa shape index (κ1) is 13.6. The van der Waals surface area contributed by atoms with Crippen molar-refractivity contribution < 1.29 is 19.1 Å². The van der Waals surface area contributed by atoms with Gasteiger partial charge in [-0.15, -0.1) is 0 Å². The van der Waals surface area contributed by atoms with Crippen LogP contribution in [-0.4, -0.2) is 18.6 Å². The van der Waals surface area contributed by atoms with Gasteiger partial charge in [0.15, 0.2) is 11.5 Å². The minimum atomic E-state index is -0.498. The van der Waals surface area contributed by atoms with E-state index in [1.807, 2.05) is 20.8 Å². The van der Waals surface area contributed by atoms with Crippen molar-refractivity contribution in [3.05, 3.63) is 18.2 Å². The molecule has 2 aliphatic heterocycles. The van der Waals surface area contributed by atoms with Crippen LogP contribution < -0.4 is 14.4 Å². The van der Waals surface area contributed by atoms with E-state index < -0.39 is 5.41 Å². The van der Waals surface area contributed by atoms with Crippen LogP contribution in [0.15, 0.2) is 18.2 Å². The number of hydrogen-bond donors (Lipinski definition) is 0. The maximum Gasteiger partial charge on any atom is 0.240 e. The first-order valence-electron chi connectivity index (χ1n) is 7.64. The summed E-state index contributed by atoms with van der Waals surface area (Å²) in [7, 11) is 0. The number of piperidine rings is 1. The molecule has 2 atom stereocenters. The Morgan fingerprint density at radius 1 is 1.14 bits per heavy atom. The molecule has 0 aromatic heterocycles.